The molecule has 27 heavy (non-hydrogen) atoms. The summed E-state index contributed by atoms with van der Waals surface area (Å²) in [4.78, 5) is 12.9. The predicted molar refractivity (Wildman–Crippen MR) is 106 cm³/mol. The lowest BCUT2D eigenvalue weighted by Gasteiger charge is -2.29. The number of carbonyl (C=O) groups excluding carboxylic acids is 1. The van der Waals surface area contributed by atoms with Gasteiger partial charge in [-0.25, -0.2) is 8.42 Å². The summed E-state index contributed by atoms with van der Waals surface area (Å²) in [6.07, 6.45) is 4.06. The van der Waals surface area contributed by atoms with Crippen molar-refractivity contribution in [2.45, 2.75) is 38.0 Å². The maximum absolute atomic E-state index is 12.9. The Morgan fingerprint density at radius 3 is 2.56 bits per heavy atom. The van der Waals surface area contributed by atoms with Gasteiger partial charge in [-0.05, 0) is 42.9 Å². The maximum atomic E-state index is 12.9. The molecule has 7 heteroatoms. The molecule has 1 aliphatic rings. The second-order valence-corrected chi connectivity index (χ2v) is 9.16. The lowest BCUT2D eigenvalue weighted by Crippen LogP contribution is -2.37. The van der Waals surface area contributed by atoms with Crippen molar-refractivity contribution >= 4 is 21.6 Å². The molecule has 1 N–H and O–H groups in total. The average molecular weight is 390 g/mol. The minimum Gasteiger partial charge on any atom is -0.345 e. The van der Waals surface area contributed by atoms with E-state index in [1.165, 1.54) is 16.6 Å². The molecule has 0 atom stereocenters. The van der Waals surface area contributed by atoms with Crippen LogP contribution in [0.25, 0.3) is 0 Å². The number of aromatic nitrogens is 1. The van der Waals surface area contributed by atoms with E-state index in [9.17, 15) is 13.2 Å². The van der Waals surface area contributed by atoms with Crippen molar-refractivity contribution in [1.82, 2.24) is 8.87 Å². The second-order valence-electron chi connectivity index (χ2n) is 7.22. The van der Waals surface area contributed by atoms with Crippen LogP contribution in [0.5, 0.6) is 0 Å². The number of hydrogen-bond acceptors (Lipinski definition) is 3. The van der Waals surface area contributed by atoms with E-state index in [0.29, 0.717) is 24.7 Å². The minimum atomic E-state index is -3.57. The summed E-state index contributed by atoms with van der Waals surface area (Å²) in [6, 6.07) is 9.09. The number of hydrogen-bond donors (Lipinski definition) is 1. The van der Waals surface area contributed by atoms with E-state index in [2.05, 4.69) is 12.2 Å². The topological polar surface area (TPSA) is 71.4 Å². The molecule has 1 aromatic heterocycles. The molecule has 0 unspecified atom stereocenters. The third kappa shape index (κ3) is 4.09. The van der Waals surface area contributed by atoms with Crippen LogP contribution in [0.3, 0.4) is 0 Å². The monoisotopic (exact) mass is 389 g/mol. The number of benzene rings is 1. The number of sulfonamides is 1. The molecule has 0 radical (unpaired) electrons. The largest absolute Gasteiger partial charge is 0.345 e. The average Bonchev–Trinajstić information content (AvgIpc) is 3.05. The molecule has 0 saturated carbocycles. The number of anilines is 1. The Kier molecular flexibility index (Phi) is 5.72. The van der Waals surface area contributed by atoms with Crippen LogP contribution in [-0.4, -0.2) is 36.3 Å². The highest BCUT2D eigenvalue weighted by Gasteiger charge is 2.30. The van der Waals surface area contributed by atoms with E-state index in [4.69, 9.17) is 0 Å². The summed E-state index contributed by atoms with van der Waals surface area (Å²) < 4.78 is 28.9. The number of rotatable bonds is 5. The Morgan fingerprint density at radius 2 is 1.89 bits per heavy atom. The number of carbonyl (C=O) groups is 1. The van der Waals surface area contributed by atoms with Crippen molar-refractivity contribution < 1.29 is 13.2 Å². The van der Waals surface area contributed by atoms with E-state index < -0.39 is 10.0 Å². The Hall–Kier alpha value is -2.12. The van der Waals surface area contributed by atoms with Gasteiger partial charge in [-0.3, -0.25) is 4.79 Å². The molecular formula is C20H27N3O3S. The Labute approximate surface area is 161 Å². The Bertz CT molecular complexity index is 926. The van der Waals surface area contributed by atoms with Gasteiger partial charge in [0.05, 0.1) is 0 Å². The van der Waals surface area contributed by atoms with Crippen molar-refractivity contribution in [2.24, 2.45) is 13.0 Å². The lowest BCUT2D eigenvalue weighted by atomic mass is 10.0. The number of nitrogens with zero attached hydrogens (tertiary/aromatic N) is 2. The Morgan fingerprint density at radius 1 is 1.22 bits per heavy atom. The number of para-hydroxylation sites is 1. The van der Waals surface area contributed by atoms with Crippen LogP contribution in [0, 0.1) is 5.92 Å². The molecule has 6 nitrogen and oxygen atoms in total. The highest BCUT2D eigenvalue weighted by molar-refractivity contribution is 7.89. The molecule has 146 valence electrons. The van der Waals surface area contributed by atoms with Gasteiger partial charge < -0.3 is 9.88 Å². The molecule has 1 aliphatic heterocycles. The van der Waals surface area contributed by atoms with Gasteiger partial charge in [-0.1, -0.05) is 32.0 Å². The summed E-state index contributed by atoms with van der Waals surface area (Å²) in [6.45, 7) is 5.23. The van der Waals surface area contributed by atoms with Crippen LogP contribution < -0.4 is 5.32 Å². The van der Waals surface area contributed by atoms with Crippen molar-refractivity contribution in [3.63, 3.8) is 0 Å². The fourth-order valence-electron chi connectivity index (χ4n) is 3.41. The smallest absolute Gasteiger partial charge is 0.272 e. The maximum Gasteiger partial charge on any atom is 0.272 e. The molecule has 1 aromatic carbocycles. The van der Waals surface area contributed by atoms with Crippen molar-refractivity contribution in [2.75, 3.05) is 18.4 Å². The van der Waals surface area contributed by atoms with Gasteiger partial charge in [0.15, 0.2) is 0 Å². The van der Waals surface area contributed by atoms with Gasteiger partial charge in [0.25, 0.3) is 5.91 Å². The van der Waals surface area contributed by atoms with Gasteiger partial charge >= 0.3 is 0 Å². The summed E-state index contributed by atoms with van der Waals surface area (Å²) >= 11 is 0. The van der Waals surface area contributed by atoms with E-state index in [0.717, 1.165) is 30.5 Å². The van der Waals surface area contributed by atoms with Crippen LogP contribution in [0.2, 0.25) is 0 Å². The zero-order chi connectivity index (χ0) is 19.6. The standard InChI is InChI=1S/C20H27N3O3S/c1-4-16-7-5-6-8-18(16)21-20(24)19-13-17(14-22(19)3)27(25,26)23-11-9-15(2)10-12-23/h5-8,13-15H,4,9-12H2,1-3H3,(H,21,24). The normalized spacial score (nSPS) is 16.4. The molecule has 0 bridgehead atoms. The molecule has 2 aromatic rings. The first-order valence-corrected chi connectivity index (χ1v) is 10.8. The lowest BCUT2D eigenvalue weighted by molar-refractivity contribution is 0.101. The zero-order valence-electron chi connectivity index (χ0n) is 16.1. The molecule has 1 amide bonds. The number of aryl methyl sites for hydroxylation is 2. The molecule has 1 fully saturated rings. The number of nitrogens with one attached hydrogen (secondary N) is 1. The third-order valence-electron chi connectivity index (χ3n) is 5.24. The van der Waals surface area contributed by atoms with Gasteiger partial charge in [0, 0.05) is 32.0 Å². The summed E-state index contributed by atoms with van der Waals surface area (Å²) in [5, 5.41) is 2.90. The first-order chi connectivity index (χ1) is 12.8. The zero-order valence-corrected chi connectivity index (χ0v) is 16.9. The van der Waals surface area contributed by atoms with Crippen LogP contribution in [0.1, 0.15) is 42.7 Å². The molecule has 3 rings (SSSR count). The number of amides is 1. The highest BCUT2D eigenvalue weighted by atomic mass is 32.2. The van der Waals surface area contributed by atoms with Gasteiger partial charge in [-0.2, -0.15) is 4.31 Å². The third-order valence-corrected chi connectivity index (χ3v) is 7.10. The SMILES string of the molecule is CCc1ccccc1NC(=O)c1cc(S(=O)(=O)N2CCC(C)CC2)cn1C. The van der Waals surface area contributed by atoms with Crippen LogP contribution >= 0.6 is 0 Å². The summed E-state index contributed by atoms with van der Waals surface area (Å²) in [7, 11) is -1.88. The molecule has 0 spiro atoms. The second kappa shape index (κ2) is 7.86. The highest BCUT2D eigenvalue weighted by Crippen LogP contribution is 2.25. The summed E-state index contributed by atoms with van der Waals surface area (Å²) in [5.74, 6) is 0.235. The quantitative estimate of drug-likeness (QED) is 0.853. The fourth-order valence-corrected chi connectivity index (χ4v) is 4.95. The molecular weight excluding hydrogens is 362 g/mol. The van der Waals surface area contributed by atoms with E-state index in [1.807, 2.05) is 31.2 Å². The van der Waals surface area contributed by atoms with Crippen LogP contribution in [0.15, 0.2) is 41.4 Å². The number of piperidine rings is 1. The first kappa shape index (κ1) is 19.6. The fraction of sp³-hybridized carbons (Fsp3) is 0.450. The predicted octanol–water partition coefficient (Wildman–Crippen LogP) is 3.26. The van der Waals surface area contributed by atoms with E-state index in [1.54, 1.807) is 11.6 Å². The van der Waals surface area contributed by atoms with Crippen LogP contribution in [0.4, 0.5) is 5.69 Å². The molecule has 0 aliphatic carbocycles. The minimum absolute atomic E-state index is 0.175. The Balaban J connectivity index is 1.82. The van der Waals surface area contributed by atoms with Gasteiger partial charge in [0.2, 0.25) is 10.0 Å². The van der Waals surface area contributed by atoms with Crippen LogP contribution in [-0.2, 0) is 23.5 Å². The van der Waals surface area contributed by atoms with Crippen molar-refractivity contribution in [3.05, 3.63) is 47.8 Å². The molecule has 1 saturated heterocycles. The first-order valence-electron chi connectivity index (χ1n) is 9.38. The van der Waals surface area contributed by atoms with Crippen molar-refractivity contribution in [3.8, 4) is 0 Å². The van der Waals surface area contributed by atoms with E-state index in [-0.39, 0.29) is 10.8 Å². The van der Waals surface area contributed by atoms with E-state index >= 15 is 0 Å². The van der Waals surface area contributed by atoms with Gasteiger partial charge in [-0.15, -0.1) is 0 Å². The molecule has 2 heterocycles. The van der Waals surface area contributed by atoms with Gasteiger partial charge in [0.1, 0.15) is 10.6 Å². The van der Waals surface area contributed by atoms with Crippen molar-refractivity contribution in [1.29, 1.82) is 0 Å². The summed E-state index contributed by atoms with van der Waals surface area (Å²) in [5.41, 5.74) is 2.11.